The monoisotopic (exact) mass is 296 g/mol. The van der Waals surface area contributed by atoms with E-state index in [-0.39, 0.29) is 17.8 Å². The quantitative estimate of drug-likeness (QED) is 0.492. The zero-order chi connectivity index (χ0) is 15.2. The first kappa shape index (κ1) is 15.5. The molecule has 0 saturated heterocycles. The topological polar surface area (TPSA) is 94.6 Å². The second kappa shape index (κ2) is 7.21. The smallest absolute Gasteiger partial charge is 0.433 e. The van der Waals surface area contributed by atoms with Crippen LogP contribution in [0.4, 0.5) is 5.88 Å². The lowest BCUT2D eigenvalue weighted by atomic mass is 9.86. The molecule has 1 N–H and O–H groups in total. The summed E-state index contributed by atoms with van der Waals surface area (Å²) >= 11 is 0. The highest BCUT2D eigenvalue weighted by atomic mass is 16.6. The van der Waals surface area contributed by atoms with E-state index in [0.717, 1.165) is 25.7 Å². The summed E-state index contributed by atoms with van der Waals surface area (Å²) < 4.78 is 10.1. The van der Waals surface area contributed by atoms with Crippen molar-refractivity contribution >= 4 is 11.9 Å². The van der Waals surface area contributed by atoms with Crippen LogP contribution in [0.5, 0.6) is 0 Å². The van der Waals surface area contributed by atoms with Crippen molar-refractivity contribution in [2.24, 2.45) is 5.92 Å². The van der Waals surface area contributed by atoms with E-state index in [4.69, 9.17) is 9.15 Å². The SMILES string of the molecule is CCOC(=O)C1CCC(NCc2ccc([N+](=O)[O-])o2)CC1. The molecule has 1 aliphatic rings. The van der Waals surface area contributed by atoms with Crippen molar-refractivity contribution in [2.45, 2.75) is 45.2 Å². The number of furan rings is 1. The van der Waals surface area contributed by atoms with Gasteiger partial charge in [0.05, 0.1) is 25.1 Å². The van der Waals surface area contributed by atoms with Gasteiger partial charge in [0.25, 0.3) is 0 Å². The first-order valence-corrected chi connectivity index (χ1v) is 7.23. The van der Waals surface area contributed by atoms with Crippen LogP contribution in [0.15, 0.2) is 16.5 Å². The van der Waals surface area contributed by atoms with Crippen LogP contribution in [0, 0.1) is 16.0 Å². The minimum Gasteiger partial charge on any atom is -0.466 e. The van der Waals surface area contributed by atoms with Crippen LogP contribution in [0.1, 0.15) is 38.4 Å². The molecule has 1 aromatic heterocycles. The van der Waals surface area contributed by atoms with Crippen LogP contribution in [0.2, 0.25) is 0 Å². The van der Waals surface area contributed by atoms with Crippen molar-refractivity contribution in [2.75, 3.05) is 6.61 Å². The molecule has 0 atom stereocenters. The fourth-order valence-corrected chi connectivity index (χ4v) is 2.60. The van der Waals surface area contributed by atoms with Crippen LogP contribution in [-0.2, 0) is 16.1 Å². The van der Waals surface area contributed by atoms with E-state index in [0.29, 0.717) is 25.0 Å². The molecule has 1 aromatic rings. The Hall–Kier alpha value is -1.89. The molecule has 0 spiro atoms. The molecule has 0 amide bonds. The van der Waals surface area contributed by atoms with Gasteiger partial charge in [0.2, 0.25) is 0 Å². The maximum absolute atomic E-state index is 11.6. The van der Waals surface area contributed by atoms with Gasteiger partial charge in [-0.15, -0.1) is 0 Å². The average Bonchev–Trinajstić information content (AvgIpc) is 2.95. The Morgan fingerprint density at radius 3 is 2.71 bits per heavy atom. The van der Waals surface area contributed by atoms with E-state index in [1.54, 1.807) is 6.07 Å². The molecule has 1 fully saturated rings. The Balaban J connectivity index is 1.73. The summed E-state index contributed by atoms with van der Waals surface area (Å²) in [5.74, 6) is 0.220. The fraction of sp³-hybridized carbons (Fsp3) is 0.643. The minimum atomic E-state index is -0.548. The van der Waals surface area contributed by atoms with Gasteiger partial charge < -0.3 is 14.5 Å². The summed E-state index contributed by atoms with van der Waals surface area (Å²) in [5.41, 5.74) is 0. The zero-order valence-corrected chi connectivity index (χ0v) is 12.0. The summed E-state index contributed by atoms with van der Waals surface area (Å²) in [6, 6.07) is 3.27. The maximum Gasteiger partial charge on any atom is 0.433 e. The number of nitro groups is 1. The van der Waals surface area contributed by atoms with Gasteiger partial charge in [-0.1, -0.05) is 0 Å². The minimum absolute atomic E-state index is 0.00713. The number of carbonyl (C=O) groups is 1. The lowest BCUT2D eigenvalue weighted by molar-refractivity contribution is -0.402. The number of esters is 1. The highest BCUT2D eigenvalue weighted by Gasteiger charge is 2.27. The number of ether oxygens (including phenoxy) is 1. The van der Waals surface area contributed by atoms with Gasteiger partial charge in [0.1, 0.15) is 10.7 Å². The van der Waals surface area contributed by atoms with Gasteiger partial charge in [-0.05, 0) is 38.7 Å². The molecule has 21 heavy (non-hydrogen) atoms. The molecule has 1 heterocycles. The van der Waals surface area contributed by atoms with Crippen molar-refractivity contribution in [1.29, 1.82) is 0 Å². The third-order valence-electron chi connectivity index (χ3n) is 3.74. The lowest BCUT2D eigenvalue weighted by Crippen LogP contribution is -2.35. The van der Waals surface area contributed by atoms with Crippen LogP contribution >= 0.6 is 0 Å². The lowest BCUT2D eigenvalue weighted by Gasteiger charge is -2.27. The van der Waals surface area contributed by atoms with E-state index < -0.39 is 4.92 Å². The summed E-state index contributed by atoms with van der Waals surface area (Å²) in [7, 11) is 0. The van der Waals surface area contributed by atoms with Crippen molar-refractivity contribution in [3.05, 3.63) is 28.0 Å². The van der Waals surface area contributed by atoms with Crippen molar-refractivity contribution < 1.29 is 18.9 Å². The number of nitrogens with one attached hydrogen (secondary N) is 1. The summed E-state index contributed by atoms with van der Waals surface area (Å²) in [6.07, 6.45) is 3.42. The molecule has 0 radical (unpaired) electrons. The molecule has 1 aliphatic carbocycles. The van der Waals surface area contributed by atoms with Gasteiger partial charge in [-0.3, -0.25) is 14.9 Å². The molecule has 7 heteroatoms. The third-order valence-corrected chi connectivity index (χ3v) is 3.74. The standard InChI is InChI=1S/C14H20N2O5/c1-2-20-14(17)10-3-5-11(6-4-10)15-9-12-7-8-13(21-12)16(18)19/h7-8,10-11,15H,2-6,9H2,1H3. The fourth-order valence-electron chi connectivity index (χ4n) is 2.60. The Labute approximate surface area is 122 Å². The van der Waals surface area contributed by atoms with E-state index in [2.05, 4.69) is 5.32 Å². The molecular weight excluding hydrogens is 276 g/mol. The predicted molar refractivity (Wildman–Crippen MR) is 74.6 cm³/mol. The van der Waals surface area contributed by atoms with Gasteiger partial charge >= 0.3 is 11.9 Å². The Bertz CT molecular complexity index is 491. The van der Waals surface area contributed by atoms with E-state index >= 15 is 0 Å². The molecule has 0 unspecified atom stereocenters. The molecule has 0 aromatic carbocycles. The highest BCUT2D eigenvalue weighted by Crippen LogP contribution is 2.26. The number of nitrogens with zero attached hydrogens (tertiary/aromatic N) is 1. The first-order chi connectivity index (χ1) is 10.1. The van der Waals surface area contributed by atoms with Gasteiger partial charge in [0, 0.05) is 6.04 Å². The number of carbonyl (C=O) groups excluding carboxylic acids is 1. The normalized spacial score (nSPS) is 22.0. The van der Waals surface area contributed by atoms with Crippen molar-refractivity contribution in [3.8, 4) is 0 Å². The Kier molecular flexibility index (Phi) is 5.32. The van der Waals surface area contributed by atoms with Gasteiger partial charge in [-0.2, -0.15) is 0 Å². The predicted octanol–water partition coefficient (Wildman–Crippen LogP) is 2.40. The Morgan fingerprint density at radius 2 is 2.14 bits per heavy atom. The van der Waals surface area contributed by atoms with Crippen molar-refractivity contribution in [1.82, 2.24) is 5.32 Å². The highest BCUT2D eigenvalue weighted by molar-refractivity contribution is 5.72. The zero-order valence-electron chi connectivity index (χ0n) is 12.0. The third kappa shape index (κ3) is 4.29. The van der Waals surface area contributed by atoms with E-state index in [9.17, 15) is 14.9 Å². The number of hydrogen-bond acceptors (Lipinski definition) is 6. The van der Waals surface area contributed by atoms with Crippen molar-refractivity contribution in [3.63, 3.8) is 0 Å². The first-order valence-electron chi connectivity index (χ1n) is 7.23. The average molecular weight is 296 g/mol. The molecular formula is C14H20N2O5. The second-order valence-corrected chi connectivity index (χ2v) is 5.18. The number of hydrogen-bond donors (Lipinski definition) is 1. The second-order valence-electron chi connectivity index (χ2n) is 5.18. The van der Waals surface area contributed by atoms with Crippen LogP contribution in [0.3, 0.4) is 0 Å². The largest absolute Gasteiger partial charge is 0.466 e. The Morgan fingerprint density at radius 1 is 1.43 bits per heavy atom. The molecule has 2 rings (SSSR count). The van der Waals surface area contributed by atoms with Crippen LogP contribution in [0.25, 0.3) is 0 Å². The molecule has 116 valence electrons. The molecule has 7 nitrogen and oxygen atoms in total. The molecule has 0 aliphatic heterocycles. The van der Waals surface area contributed by atoms with Gasteiger partial charge in [0.15, 0.2) is 0 Å². The van der Waals surface area contributed by atoms with E-state index in [1.807, 2.05) is 6.92 Å². The number of rotatable bonds is 6. The molecule has 0 bridgehead atoms. The summed E-state index contributed by atoms with van der Waals surface area (Å²) in [4.78, 5) is 21.6. The van der Waals surface area contributed by atoms with Crippen LogP contribution in [-0.4, -0.2) is 23.5 Å². The maximum atomic E-state index is 11.6. The molecule has 1 saturated carbocycles. The summed E-state index contributed by atoms with van der Waals surface area (Å²) in [5, 5.41) is 13.8. The van der Waals surface area contributed by atoms with E-state index in [1.165, 1.54) is 6.07 Å². The van der Waals surface area contributed by atoms with Crippen LogP contribution < -0.4 is 5.32 Å². The summed E-state index contributed by atoms with van der Waals surface area (Å²) in [6.45, 7) is 2.70. The van der Waals surface area contributed by atoms with Gasteiger partial charge in [-0.25, -0.2) is 0 Å².